The van der Waals surface area contributed by atoms with E-state index in [9.17, 15) is 13.2 Å². The minimum atomic E-state index is -4.48. The molecule has 0 bridgehead atoms. The molecule has 0 saturated heterocycles. The molecular formula is C15H13ClF3NO. The van der Waals surface area contributed by atoms with Crippen LogP contribution < -0.4 is 4.74 Å². The van der Waals surface area contributed by atoms with Crippen molar-refractivity contribution < 1.29 is 17.9 Å². The molecule has 0 spiro atoms. The first kappa shape index (κ1) is 15.6. The Morgan fingerprint density at radius 1 is 1.14 bits per heavy atom. The maximum Gasteiger partial charge on any atom is 0.416 e. The number of ether oxygens (including phenoxy) is 1. The Morgan fingerprint density at radius 2 is 1.81 bits per heavy atom. The van der Waals surface area contributed by atoms with Crippen molar-refractivity contribution >= 4 is 11.6 Å². The van der Waals surface area contributed by atoms with E-state index in [-0.39, 0.29) is 17.0 Å². The SMILES string of the molecule is CC(C)Oc1ccccc1-c1cc(C(F)(F)F)cc(Cl)n1. The van der Waals surface area contributed by atoms with Crippen LogP contribution in [0.2, 0.25) is 5.15 Å². The molecule has 0 unspecified atom stereocenters. The maximum absolute atomic E-state index is 12.9. The summed E-state index contributed by atoms with van der Waals surface area (Å²) in [7, 11) is 0. The van der Waals surface area contributed by atoms with Gasteiger partial charge < -0.3 is 4.74 Å². The predicted octanol–water partition coefficient (Wildman–Crippen LogP) is 5.21. The van der Waals surface area contributed by atoms with Crippen molar-refractivity contribution in [3.8, 4) is 17.0 Å². The molecule has 0 amide bonds. The first-order valence-electron chi connectivity index (χ1n) is 6.28. The molecule has 6 heteroatoms. The standard InChI is InChI=1S/C15H13ClF3NO/c1-9(2)21-13-6-4-3-5-11(13)12-7-10(15(17,18)19)8-14(16)20-12/h3-9H,1-2H3. The summed E-state index contributed by atoms with van der Waals surface area (Å²) in [5.41, 5.74) is -0.234. The van der Waals surface area contributed by atoms with Crippen molar-refractivity contribution in [3.05, 3.63) is 47.1 Å². The van der Waals surface area contributed by atoms with Gasteiger partial charge in [0, 0.05) is 5.56 Å². The number of aromatic nitrogens is 1. The zero-order valence-electron chi connectivity index (χ0n) is 11.4. The molecule has 1 heterocycles. The fourth-order valence-electron chi connectivity index (χ4n) is 1.83. The molecule has 0 atom stereocenters. The Kier molecular flexibility index (Phi) is 4.42. The van der Waals surface area contributed by atoms with Crippen LogP contribution in [0, 0.1) is 0 Å². The second kappa shape index (κ2) is 5.93. The molecule has 21 heavy (non-hydrogen) atoms. The number of pyridine rings is 1. The van der Waals surface area contributed by atoms with Gasteiger partial charge in [-0.15, -0.1) is 0 Å². The van der Waals surface area contributed by atoms with Gasteiger partial charge in [0.05, 0.1) is 17.4 Å². The number of hydrogen-bond acceptors (Lipinski definition) is 2. The van der Waals surface area contributed by atoms with Crippen LogP contribution in [0.25, 0.3) is 11.3 Å². The molecule has 1 aromatic heterocycles. The smallest absolute Gasteiger partial charge is 0.416 e. The summed E-state index contributed by atoms with van der Waals surface area (Å²) >= 11 is 5.71. The van der Waals surface area contributed by atoms with Gasteiger partial charge in [-0.05, 0) is 38.1 Å². The highest BCUT2D eigenvalue weighted by molar-refractivity contribution is 6.29. The zero-order valence-corrected chi connectivity index (χ0v) is 12.2. The number of para-hydroxylation sites is 1. The lowest BCUT2D eigenvalue weighted by atomic mass is 10.1. The molecule has 2 rings (SSSR count). The first-order chi connectivity index (χ1) is 9.77. The van der Waals surface area contributed by atoms with Crippen molar-refractivity contribution in [3.63, 3.8) is 0 Å². The average Bonchev–Trinajstić information content (AvgIpc) is 2.37. The molecule has 0 N–H and O–H groups in total. The largest absolute Gasteiger partial charge is 0.490 e. The van der Waals surface area contributed by atoms with E-state index in [1.807, 2.05) is 13.8 Å². The molecule has 1 aromatic carbocycles. The lowest BCUT2D eigenvalue weighted by Crippen LogP contribution is -2.08. The molecule has 0 saturated carbocycles. The van der Waals surface area contributed by atoms with E-state index in [0.717, 1.165) is 12.1 Å². The summed E-state index contributed by atoms with van der Waals surface area (Å²) in [6, 6.07) is 8.56. The highest BCUT2D eigenvalue weighted by atomic mass is 35.5. The normalized spacial score (nSPS) is 11.8. The Labute approximate surface area is 125 Å². The van der Waals surface area contributed by atoms with Crippen molar-refractivity contribution in [2.45, 2.75) is 26.1 Å². The third kappa shape index (κ3) is 3.88. The van der Waals surface area contributed by atoms with Crippen molar-refractivity contribution in [2.75, 3.05) is 0 Å². The molecule has 112 valence electrons. The summed E-state index contributed by atoms with van der Waals surface area (Å²) in [5.74, 6) is 0.468. The summed E-state index contributed by atoms with van der Waals surface area (Å²) < 4.78 is 44.2. The van der Waals surface area contributed by atoms with Crippen molar-refractivity contribution in [2.24, 2.45) is 0 Å². The number of alkyl halides is 3. The third-order valence-corrected chi connectivity index (χ3v) is 2.84. The maximum atomic E-state index is 12.9. The van der Waals surface area contributed by atoms with Gasteiger partial charge in [-0.2, -0.15) is 13.2 Å². The van der Waals surface area contributed by atoms with E-state index >= 15 is 0 Å². The van der Waals surface area contributed by atoms with E-state index in [2.05, 4.69) is 4.98 Å². The Bertz CT molecular complexity index is 641. The van der Waals surface area contributed by atoms with Crippen molar-refractivity contribution in [1.29, 1.82) is 0 Å². The van der Waals surface area contributed by atoms with Gasteiger partial charge >= 0.3 is 6.18 Å². The quantitative estimate of drug-likeness (QED) is 0.725. The summed E-state index contributed by atoms with van der Waals surface area (Å²) in [6.45, 7) is 3.67. The van der Waals surface area contributed by atoms with Crippen LogP contribution in [0.3, 0.4) is 0 Å². The summed E-state index contributed by atoms with van der Waals surface area (Å²) in [5, 5.41) is -0.209. The number of rotatable bonds is 3. The molecule has 0 fully saturated rings. The second-order valence-corrected chi connectivity index (χ2v) is 5.11. The zero-order chi connectivity index (χ0) is 15.6. The lowest BCUT2D eigenvalue weighted by molar-refractivity contribution is -0.137. The molecule has 0 aliphatic rings. The Hall–Kier alpha value is -1.75. The van der Waals surface area contributed by atoms with Crippen LogP contribution >= 0.6 is 11.6 Å². The van der Waals surface area contributed by atoms with Crippen LogP contribution in [0.4, 0.5) is 13.2 Å². The van der Waals surface area contributed by atoms with Gasteiger partial charge in [0.1, 0.15) is 10.9 Å². The molecule has 0 aliphatic heterocycles. The minimum Gasteiger partial charge on any atom is -0.490 e. The predicted molar refractivity (Wildman–Crippen MR) is 75.4 cm³/mol. The highest BCUT2D eigenvalue weighted by Gasteiger charge is 2.31. The van der Waals surface area contributed by atoms with Crippen molar-refractivity contribution in [1.82, 2.24) is 4.98 Å². The highest BCUT2D eigenvalue weighted by Crippen LogP contribution is 2.36. The monoisotopic (exact) mass is 315 g/mol. The van der Waals surface area contributed by atoms with Crippen LogP contribution in [0.5, 0.6) is 5.75 Å². The van der Waals surface area contributed by atoms with E-state index in [0.29, 0.717) is 11.3 Å². The lowest BCUT2D eigenvalue weighted by Gasteiger charge is -2.15. The van der Waals surface area contributed by atoms with Gasteiger partial charge in [0.15, 0.2) is 0 Å². The minimum absolute atomic E-state index is 0.104. The molecule has 0 aliphatic carbocycles. The average molecular weight is 316 g/mol. The molecule has 0 radical (unpaired) electrons. The van der Waals surface area contributed by atoms with Crippen LogP contribution in [-0.2, 0) is 6.18 Å². The molecular weight excluding hydrogens is 303 g/mol. The van der Waals surface area contributed by atoms with Gasteiger partial charge in [-0.3, -0.25) is 0 Å². The number of hydrogen-bond donors (Lipinski definition) is 0. The van der Waals surface area contributed by atoms with Gasteiger partial charge in [-0.1, -0.05) is 23.7 Å². The van der Waals surface area contributed by atoms with Gasteiger partial charge in [0.2, 0.25) is 0 Å². The van der Waals surface area contributed by atoms with E-state index < -0.39 is 11.7 Å². The van der Waals surface area contributed by atoms with Crippen LogP contribution in [-0.4, -0.2) is 11.1 Å². The summed E-state index contributed by atoms with van der Waals surface area (Å²) in [6.07, 6.45) is -4.58. The third-order valence-electron chi connectivity index (χ3n) is 2.65. The van der Waals surface area contributed by atoms with E-state index in [1.165, 1.54) is 0 Å². The van der Waals surface area contributed by atoms with Gasteiger partial charge in [0.25, 0.3) is 0 Å². The Morgan fingerprint density at radius 3 is 2.43 bits per heavy atom. The van der Waals surface area contributed by atoms with E-state index in [4.69, 9.17) is 16.3 Å². The Balaban J connectivity index is 2.54. The fourth-order valence-corrected chi connectivity index (χ4v) is 2.04. The fraction of sp³-hybridized carbons (Fsp3) is 0.267. The van der Waals surface area contributed by atoms with E-state index in [1.54, 1.807) is 24.3 Å². The number of halogens is 4. The van der Waals surface area contributed by atoms with Crippen LogP contribution in [0.15, 0.2) is 36.4 Å². The molecule has 2 aromatic rings. The molecule has 2 nitrogen and oxygen atoms in total. The summed E-state index contributed by atoms with van der Waals surface area (Å²) in [4.78, 5) is 3.97. The van der Waals surface area contributed by atoms with Gasteiger partial charge in [-0.25, -0.2) is 4.98 Å². The number of benzene rings is 1. The second-order valence-electron chi connectivity index (χ2n) is 4.72. The first-order valence-corrected chi connectivity index (χ1v) is 6.66. The number of nitrogens with zero attached hydrogens (tertiary/aromatic N) is 1. The van der Waals surface area contributed by atoms with Crippen LogP contribution in [0.1, 0.15) is 19.4 Å². The topological polar surface area (TPSA) is 22.1 Å².